The number of fused-ring (bicyclic) bond motifs is 1. The molecule has 0 aromatic heterocycles. The summed E-state index contributed by atoms with van der Waals surface area (Å²) in [5.74, 6) is -0.301. The van der Waals surface area contributed by atoms with Crippen LogP contribution < -0.4 is 0 Å². The maximum Gasteiger partial charge on any atom is 0.311 e. The van der Waals surface area contributed by atoms with Gasteiger partial charge in [0.05, 0.1) is 5.92 Å². The van der Waals surface area contributed by atoms with Crippen LogP contribution in [0.1, 0.15) is 29.9 Å². The molecule has 0 radical (unpaired) electrons. The number of aryl methyl sites for hydroxylation is 1. The summed E-state index contributed by atoms with van der Waals surface area (Å²) in [6, 6.07) is 5.89. The van der Waals surface area contributed by atoms with Crippen LogP contribution in [-0.4, -0.2) is 28.5 Å². The number of hydrogen-bond donors (Lipinski definition) is 2. The molecular formula is C13H16O3S. The summed E-state index contributed by atoms with van der Waals surface area (Å²) in [7, 11) is 0. The SMILES string of the molecule is O=C(O)C(CCO)c1ccc2c(c1)CCCS2. The Balaban J connectivity index is 2.28. The van der Waals surface area contributed by atoms with Crippen LogP contribution >= 0.6 is 11.8 Å². The van der Waals surface area contributed by atoms with Gasteiger partial charge in [-0.1, -0.05) is 12.1 Å². The van der Waals surface area contributed by atoms with Crippen LogP contribution in [0.15, 0.2) is 23.1 Å². The number of carbonyl (C=O) groups is 1. The average Bonchev–Trinajstić information content (AvgIpc) is 2.35. The van der Waals surface area contributed by atoms with Crippen LogP contribution in [0.25, 0.3) is 0 Å². The zero-order valence-corrected chi connectivity index (χ0v) is 10.4. The number of aliphatic hydroxyl groups is 1. The van der Waals surface area contributed by atoms with E-state index in [1.54, 1.807) is 0 Å². The van der Waals surface area contributed by atoms with Gasteiger partial charge in [-0.25, -0.2) is 0 Å². The maximum atomic E-state index is 11.1. The molecule has 2 rings (SSSR count). The summed E-state index contributed by atoms with van der Waals surface area (Å²) in [6.45, 7) is -0.0944. The molecule has 1 aromatic rings. The van der Waals surface area contributed by atoms with Crippen LogP contribution in [-0.2, 0) is 11.2 Å². The van der Waals surface area contributed by atoms with Crippen LogP contribution in [0.3, 0.4) is 0 Å². The van der Waals surface area contributed by atoms with Crippen molar-refractivity contribution in [2.75, 3.05) is 12.4 Å². The molecule has 1 aliphatic rings. The molecule has 1 aliphatic heterocycles. The van der Waals surface area contributed by atoms with Crippen molar-refractivity contribution in [3.05, 3.63) is 29.3 Å². The van der Waals surface area contributed by atoms with Crippen molar-refractivity contribution < 1.29 is 15.0 Å². The van der Waals surface area contributed by atoms with E-state index in [0.29, 0.717) is 0 Å². The molecule has 3 nitrogen and oxygen atoms in total. The predicted octanol–water partition coefficient (Wildman–Crippen LogP) is 2.28. The Morgan fingerprint density at radius 1 is 1.47 bits per heavy atom. The highest BCUT2D eigenvalue weighted by atomic mass is 32.2. The summed E-state index contributed by atoms with van der Waals surface area (Å²) in [4.78, 5) is 12.4. The van der Waals surface area contributed by atoms with E-state index >= 15 is 0 Å². The maximum absolute atomic E-state index is 11.1. The fourth-order valence-electron chi connectivity index (χ4n) is 2.16. The Hall–Kier alpha value is -1.00. The second kappa shape index (κ2) is 5.56. The second-order valence-electron chi connectivity index (χ2n) is 4.22. The van der Waals surface area contributed by atoms with Gasteiger partial charge in [-0.15, -0.1) is 11.8 Å². The number of thioether (sulfide) groups is 1. The molecule has 92 valence electrons. The van der Waals surface area contributed by atoms with Crippen molar-refractivity contribution in [2.45, 2.75) is 30.1 Å². The minimum absolute atomic E-state index is 0.0944. The lowest BCUT2D eigenvalue weighted by molar-refractivity contribution is -0.139. The average molecular weight is 252 g/mol. The molecule has 2 N–H and O–H groups in total. The van der Waals surface area contributed by atoms with E-state index in [0.717, 1.165) is 24.2 Å². The fraction of sp³-hybridized carbons (Fsp3) is 0.462. The molecular weight excluding hydrogens is 236 g/mol. The van der Waals surface area contributed by atoms with Crippen molar-refractivity contribution in [3.8, 4) is 0 Å². The van der Waals surface area contributed by atoms with Crippen LogP contribution in [0, 0.1) is 0 Å². The van der Waals surface area contributed by atoms with E-state index in [-0.39, 0.29) is 13.0 Å². The van der Waals surface area contributed by atoms with E-state index in [9.17, 15) is 4.79 Å². The molecule has 0 amide bonds. The first-order valence-electron chi connectivity index (χ1n) is 5.81. The summed E-state index contributed by atoms with van der Waals surface area (Å²) >= 11 is 1.83. The predicted molar refractivity (Wildman–Crippen MR) is 67.6 cm³/mol. The monoisotopic (exact) mass is 252 g/mol. The number of aliphatic carboxylic acids is 1. The van der Waals surface area contributed by atoms with Gasteiger partial charge in [0.25, 0.3) is 0 Å². The molecule has 0 spiro atoms. The minimum Gasteiger partial charge on any atom is -0.481 e. The van der Waals surface area contributed by atoms with Gasteiger partial charge in [0, 0.05) is 11.5 Å². The third kappa shape index (κ3) is 2.82. The molecule has 0 bridgehead atoms. The van der Waals surface area contributed by atoms with Gasteiger partial charge in [-0.2, -0.15) is 0 Å². The summed E-state index contributed by atoms with van der Waals surface area (Å²) in [5.41, 5.74) is 2.07. The number of carboxylic acid groups (broad SMARTS) is 1. The lowest BCUT2D eigenvalue weighted by Gasteiger charge is -2.18. The van der Waals surface area contributed by atoms with E-state index in [1.165, 1.54) is 10.5 Å². The van der Waals surface area contributed by atoms with Crippen molar-refractivity contribution in [3.63, 3.8) is 0 Å². The van der Waals surface area contributed by atoms with Crippen LogP contribution in [0.2, 0.25) is 0 Å². The Bertz CT molecular complexity index is 417. The Morgan fingerprint density at radius 2 is 2.29 bits per heavy atom. The number of carboxylic acids is 1. The summed E-state index contributed by atoms with van der Waals surface area (Å²) < 4.78 is 0. The normalized spacial score (nSPS) is 16.3. The molecule has 0 fully saturated rings. The van der Waals surface area contributed by atoms with Gasteiger partial charge >= 0.3 is 5.97 Å². The molecule has 4 heteroatoms. The molecule has 0 saturated heterocycles. The lowest BCUT2D eigenvalue weighted by atomic mass is 9.93. The van der Waals surface area contributed by atoms with Crippen molar-refractivity contribution >= 4 is 17.7 Å². The first-order chi connectivity index (χ1) is 8.22. The van der Waals surface area contributed by atoms with E-state index < -0.39 is 11.9 Å². The topological polar surface area (TPSA) is 57.5 Å². The van der Waals surface area contributed by atoms with E-state index in [2.05, 4.69) is 0 Å². The van der Waals surface area contributed by atoms with Gasteiger partial charge < -0.3 is 10.2 Å². The smallest absolute Gasteiger partial charge is 0.311 e. The molecule has 0 aliphatic carbocycles. The highest BCUT2D eigenvalue weighted by Gasteiger charge is 2.21. The Labute approximate surface area is 105 Å². The van der Waals surface area contributed by atoms with Crippen molar-refractivity contribution in [1.29, 1.82) is 0 Å². The number of benzene rings is 1. The third-order valence-corrected chi connectivity index (χ3v) is 4.25. The third-order valence-electron chi connectivity index (χ3n) is 3.05. The molecule has 1 unspecified atom stereocenters. The highest BCUT2D eigenvalue weighted by molar-refractivity contribution is 7.99. The Kier molecular flexibility index (Phi) is 4.07. The Morgan fingerprint density at radius 3 is 3.00 bits per heavy atom. The number of hydrogen-bond acceptors (Lipinski definition) is 3. The molecule has 0 saturated carbocycles. The van der Waals surface area contributed by atoms with Gasteiger partial charge in [0.1, 0.15) is 0 Å². The first-order valence-corrected chi connectivity index (χ1v) is 6.80. The van der Waals surface area contributed by atoms with Gasteiger partial charge in [0.2, 0.25) is 0 Å². The lowest BCUT2D eigenvalue weighted by Crippen LogP contribution is -2.14. The minimum atomic E-state index is -0.859. The number of rotatable bonds is 4. The second-order valence-corrected chi connectivity index (χ2v) is 5.36. The largest absolute Gasteiger partial charge is 0.481 e. The first kappa shape index (κ1) is 12.5. The molecule has 1 aromatic carbocycles. The van der Waals surface area contributed by atoms with Gasteiger partial charge in [-0.05, 0) is 42.2 Å². The number of aliphatic hydroxyl groups excluding tert-OH is 1. The summed E-state index contributed by atoms with van der Waals surface area (Å²) in [5, 5.41) is 18.1. The van der Waals surface area contributed by atoms with E-state index in [1.807, 2.05) is 30.0 Å². The van der Waals surface area contributed by atoms with Crippen LogP contribution in [0.5, 0.6) is 0 Å². The highest BCUT2D eigenvalue weighted by Crippen LogP contribution is 2.32. The van der Waals surface area contributed by atoms with Crippen molar-refractivity contribution in [2.24, 2.45) is 0 Å². The fourth-order valence-corrected chi connectivity index (χ4v) is 3.18. The standard InChI is InChI=1S/C13H16O3S/c14-6-5-11(13(15)16)9-3-4-12-10(8-9)2-1-7-17-12/h3-4,8,11,14H,1-2,5-7H2,(H,15,16). The summed E-state index contributed by atoms with van der Waals surface area (Å²) in [6.07, 6.45) is 2.46. The van der Waals surface area contributed by atoms with Gasteiger partial charge in [0.15, 0.2) is 0 Å². The van der Waals surface area contributed by atoms with Gasteiger partial charge in [-0.3, -0.25) is 4.79 Å². The zero-order valence-electron chi connectivity index (χ0n) is 9.56. The molecule has 1 atom stereocenters. The van der Waals surface area contributed by atoms with E-state index in [4.69, 9.17) is 10.2 Å². The van der Waals surface area contributed by atoms with Crippen molar-refractivity contribution in [1.82, 2.24) is 0 Å². The van der Waals surface area contributed by atoms with Crippen LogP contribution in [0.4, 0.5) is 0 Å². The molecule has 17 heavy (non-hydrogen) atoms. The quantitative estimate of drug-likeness (QED) is 0.863. The molecule has 1 heterocycles. The zero-order chi connectivity index (χ0) is 12.3.